The third kappa shape index (κ3) is 3.53. The standard InChI is InChI=1S/C16H22ClNO2/c1-16(2,11-4-3-5-12(17)10-11)15(20)18-13-6-8-14(19)9-7-13/h3-5,10,13-14,19H,6-9H2,1-2H3,(H,18,20). The first-order valence-corrected chi connectivity index (χ1v) is 7.52. The average Bonchev–Trinajstić information content (AvgIpc) is 2.41. The molecule has 1 saturated carbocycles. The first-order valence-electron chi connectivity index (χ1n) is 7.14. The highest BCUT2D eigenvalue weighted by molar-refractivity contribution is 6.30. The van der Waals surface area contributed by atoms with E-state index in [1.165, 1.54) is 0 Å². The van der Waals surface area contributed by atoms with Crippen molar-refractivity contribution in [1.82, 2.24) is 5.32 Å². The molecule has 4 heteroatoms. The van der Waals surface area contributed by atoms with Gasteiger partial charge in [0.15, 0.2) is 0 Å². The molecule has 1 aromatic carbocycles. The summed E-state index contributed by atoms with van der Waals surface area (Å²) in [4.78, 5) is 12.5. The van der Waals surface area contributed by atoms with E-state index >= 15 is 0 Å². The van der Waals surface area contributed by atoms with E-state index < -0.39 is 5.41 Å². The fourth-order valence-corrected chi connectivity index (χ4v) is 2.78. The molecule has 0 spiro atoms. The lowest BCUT2D eigenvalue weighted by molar-refractivity contribution is -0.126. The van der Waals surface area contributed by atoms with Crippen LogP contribution in [0.15, 0.2) is 24.3 Å². The fraction of sp³-hybridized carbons (Fsp3) is 0.562. The first-order chi connectivity index (χ1) is 9.39. The van der Waals surface area contributed by atoms with E-state index in [2.05, 4.69) is 5.32 Å². The van der Waals surface area contributed by atoms with Crippen molar-refractivity contribution in [3.05, 3.63) is 34.9 Å². The van der Waals surface area contributed by atoms with Crippen LogP contribution in [0.25, 0.3) is 0 Å². The van der Waals surface area contributed by atoms with Crippen LogP contribution in [0.1, 0.15) is 45.1 Å². The van der Waals surface area contributed by atoms with Gasteiger partial charge in [-0.2, -0.15) is 0 Å². The molecule has 0 aliphatic heterocycles. The zero-order valence-corrected chi connectivity index (χ0v) is 12.8. The molecule has 0 heterocycles. The summed E-state index contributed by atoms with van der Waals surface area (Å²) in [7, 11) is 0. The monoisotopic (exact) mass is 295 g/mol. The molecule has 110 valence electrons. The van der Waals surface area contributed by atoms with E-state index in [-0.39, 0.29) is 18.1 Å². The van der Waals surface area contributed by atoms with Crippen molar-refractivity contribution in [2.45, 2.75) is 57.1 Å². The van der Waals surface area contributed by atoms with Crippen LogP contribution < -0.4 is 5.32 Å². The van der Waals surface area contributed by atoms with E-state index in [1.54, 1.807) is 0 Å². The summed E-state index contributed by atoms with van der Waals surface area (Å²) >= 11 is 6.00. The molecule has 1 aliphatic rings. The highest BCUT2D eigenvalue weighted by Gasteiger charge is 2.32. The van der Waals surface area contributed by atoms with E-state index in [4.69, 9.17) is 11.6 Å². The van der Waals surface area contributed by atoms with Crippen LogP contribution in [0.5, 0.6) is 0 Å². The molecule has 0 atom stereocenters. The minimum absolute atomic E-state index is 0.0150. The third-order valence-corrected chi connectivity index (χ3v) is 4.38. The number of rotatable bonds is 3. The average molecular weight is 296 g/mol. The molecular weight excluding hydrogens is 274 g/mol. The summed E-state index contributed by atoms with van der Waals surface area (Å²) < 4.78 is 0. The summed E-state index contributed by atoms with van der Waals surface area (Å²) in [6.07, 6.45) is 3.02. The lowest BCUT2D eigenvalue weighted by Gasteiger charge is -2.31. The minimum Gasteiger partial charge on any atom is -0.393 e. The molecule has 1 fully saturated rings. The Bertz CT molecular complexity index is 479. The van der Waals surface area contributed by atoms with Crippen molar-refractivity contribution < 1.29 is 9.90 Å². The van der Waals surface area contributed by atoms with Gasteiger partial charge in [-0.05, 0) is 57.2 Å². The number of aliphatic hydroxyl groups excluding tert-OH is 1. The van der Waals surface area contributed by atoms with Crippen LogP contribution in [-0.4, -0.2) is 23.2 Å². The maximum absolute atomic E-state index is 12.5. The quantitative estimate of drug-likeness (QED) is 0.900. The number of halogens is 1. The van der Waals surface area contributed by atoms with E-state index in [0.29, 0.717) is 5.02 Å². The van der Waals surface area contributed by atoms with Gasteiger partial charge in [-0.15, -0.1) is 0 Å². The van der Waals surface area contributed by atoms with Gasteiger partial charge in [0, 0.05) is 11.1 Å². The van der Waals surface area contributed by atoms with Gasteiger partial charge in [0.05, 0.1) is 11.5 Å². The smallest absolute Gasteiger partial charge is 0.230 e. The third-order valence-electron chi connectivity index (χ3n) is 4.15. The Morgan fingerprint density at radius 1 is 1.30 bits per heavy atom. The molecule has 0 unspecified atom stereocenters. The predicted octanol–water partition coefficient (Wildman–Crippen LogP) is 3.04. The van der Waals surface area contributed by atoms with Gasteiger partial charge in [-0.3, -0.25) is 4.79 Å². The molecule has 1 amide bonds. The van der Waals surface area contributed by atoms with Crippen molar-refractivity contribution in [2.75, 3.05) is 0 Å². The molecule has 0 aromatic heterocycles. The number of carbonyl (C=O) groups is 1. The summed E-state index contributed by atoms with van der Waals surface area (Å²) in [5.41, 5.74) is 0.305. The van der Waals surface area contributed by atoms with Crippen molar-refractivity contribution in [2.24, 2.45) is 0 Å². The lowest BCUT2D eigenvalue weighted by atomic mass is 9.83. The zero-order chi connectivity index (χ0) is 14.8. The predicted molar refractivity (Wildman–Crippen MR) is 80.9 cm³/mol. The Kier molecular flexibility index (Phi) is 4.71. The SMILES string of the molecule is CC(C)(C(=O)NC1CCC(O)CC1)c1cccc(Cl)c1. The van der Waals surface area contributed by atoms with Gasteiger partial charge in [0.1, 0.15) is 0 Å². The number of benzene rings is 1. The van der Waals surface area contributed by atoms with Crippen molar-refractivity contribution >= 4 is 17.5 Å². The topological polar surface area (TPSA) is 49.3 Å². The Morgan fingerprint density at radius 2 is 1.95 bits per heavy atom. The molecular formula is C16H22ClNO2. The molecule has 2 rings (SSSR count). The van der Waals surface area contributed by atoms with Crippen molar-refractivity contribution in [3.63, 3.8) is 0 Å². The largest absolute Gasteiger partial charge is 0.393 e. The summed E-state index contributed by atoms with van der Waals surface area (Å²) in [5, 5.41) is 13.2. The van der Waals surface area contributed by atoms with Crippen LogP contribution in [0.3, 0.4) is 0 Å². The highest BCUT2D eigenvalue weighted by Crippen LogP contribution is 2.27. The Hall–Kier alpha value is -1.06. The Morgan fingerprint density at radius 3 is 2.55 bits per heavy atom. The second kappa shape index (κ2) is 6.15. The van der Waals surface area contributed by atoms with Gasteiger partial charge >= 0.3 is 0 Å². The highest BCUT2D eigenvalue weighted by atomic mass is 35.5. The van der Waals surface area contributed by atoms with Crippen LogP contribution >= 0.6 is 11.6 Å². The number of carbonyl (C=O) groups excluding carboxylic acids is 1. The number of amides is 1. The van der Waals surface area contributed by atoms with Gasteiger partial charge in [-0.25, -0.2) is 0 Å². The fourth-order valence-electron chi connectivity index (χ4n) is 2.59. The molecule has 3 nitrogen and oxygen atoms in total. The van der Waals surface area contributed by atoms with Gasteiger partial charge in [-0.1, -0.05) is 23.7 Å². The van der Waals surface area contributed by atoms with Gasteiger partial charge in [0.25, 0.3) is 0 Å². The Labute approximate surface area is 125 Å². The number of aliphatic hydroxyl groups is 1. The van der Waals surface area contributed by atoms with Crippen LogP contribution in [0, 0.1) is 0 Å². The number of nitrogens with one attached hydrogen (secondary N) is 1. The number of hydrogen-bond acceptors (Lipinski definition) is 2. The maximum atomic E-state index is 12.5. The van der Waals surface area contributed by atoms with Gasteiger partial charge in [0.2, 0.25) is 5.91 Å². The summed E-state index contributed by atoms with van der Waals surface area (Å²) in [6.45, 7) is 3.82. The van der Waals surface area contributed by atoms with Gasteiger partial charge < -0.3 is 10.4 Å². The number of hydrogen-bond donors (Lipinski definition) is 2. The van der Waals surface area contributed by atoms with Crippen LogP contribution in [0.2, 0.25) is 5.02 Å². The second-order valence-corrected chi connectivity index (χ2v) is 6.55. The second-order valence-electron chi connectivity index (χ2n) is 6.11. The van der Waals surface area contributed by atoms with Crippen molar-refractivity contribution in [3.8, 4) is 0 Å². The summed E-state index contributed by atoms with van der Waals surface area (Å²) in [5.74, 6) is 0.0150. The molecule has 0 bridgehead atoms. The minimum atomic E-state index is -0.610. The molecule has 0 radical (unpaired) electrons. The molecule has 20 heavy (non-hydrogen) atoms. The molecule has 0 saturated heterocycles. The van der Waals surface area contributed by atoms with E-state index in [0.717, 1.165) is 31.2 Å². The van der Waals surface area contributed by atoms with E-state index in [1.807, 2.05) is 38.1 Å². The zero-order valence-electron chi connectivity index (χ0n) is 12.0. The van der Waals surface area contributed by atoms with Crippen molar-refractivity contribution in [1.29, 1.82) is 0 Å². The molecule has 1 aromatic rings. The lowest BCUT2D eigenvalue weighted by Crippen LogP contribution is -2.46. The van der Waals surface area contributed by atoms with E-state index in [9.17, 15) is 9.90 Å². The maximum Gasteiger partial charge on any atom is 0.230 e. The summed E-state index contributed by atoms with van der Waals surface area (Å²) in [6, 6.07) is 7.61. The molecule has 2 N–H and O–H groups in total. The normalized spacial score (nSPS) is 23.4. The molecule has 1 aliphatic carbocycles. The van der Waals surface area contributed by atoms with Crippen LogP contribution in [-0.2, 0) is 10.2 Å². The first kappa shape index (κ1) is 15.3. The Balaban J connectivity index is 2.03. The van der Waals surface area contributed by atoms with Crippen LogP contribution in [0.4, 0.5) is 0 Å².